The maximum absolute atomic E-state index is 13.2. The van der Waals surface area contributed by atoms with Gasteiger partial charge < -0.3 is 33.8 Å². The Labute approximate surface area is 651 Å². The SMILES string of the molecule is CCC(C)CCCCCCCCCCCCCCCCCCCCC(=O)O[C@H](COC(=O)CCCCCCCCCCCCCCCCC(C)CC)COP(=O)(O)OC[C@@H](O)COP(=O)(O)OC[C@@H](COC(=O)CCCCCCCCC(C)CC)OC(=O)CCCCCCCCCCCCCCCC(C)C. The summed E-state index contributed by atoms with van der Waals surface area (Å²) in [6, 6.07) is 0. The number of aliphatic hydroxyl groups is 1. The molecule has 630 valence electrons. The van der Waals surface area contributed by atoms with Crippen LogP contribution in [0.25, 0.3) is 0 Å². The number of carbonyl (C=O) groups excluding carboxylic acids is 4. The summed E-state index contributed by atoms with van der Waals surface area (Å²) in [5, 5.41) is 10.7. The van der Waals surface area contributed by atoms with Gasteiger partial charge in [0.25, 0.3) is 0 Å². The van der Waals surface area contributed by atoms with Crippen LogP contribution < -0.4 is 0 Å². The summed E-state index contributed by atoms with van der Waals surface area (Å²) >= 11 is 0. The normalized spacial score (nSPS) is 14.7. The van der Waals surface area contributed by atoms with Crippen LogP contribution in [0.4, 0.5) is 0 Å². The van der Waals surface area contributed by atoms with Crippen molar-refractivity contribution in [1.29, 1.82) is 0 Å². The molecule has 8 atom stereocenters. The number of aliphatic hydroxyl groups excluding tert-OH is 1. The molecular formula is C87H170O17P2. The van der Waals surface area contributed by atoms with Crippen molar-refractivity contribution in [2.75, 3.05) is 39.6 Å². The van der Waals surface area contributed by atoms with E-state index in [0.717, 1.165) is 120 Å². The van der Waals surface area contributed by atoms with Crippen LogP contribution in [0.3, 0.4) is 0 Å². The van der Waals surface area contributed by atoms with E-state index in [1.54, 1.807) is 0 Å². The van der Waals surface area contributed by atoms with Crippen LogP contribution in [-0.4, -0.2) is 96.7 Å². The number of esters is 4. The molecule has 19 heteroatoms. The van der Waals surface area contributed by atoms with Crippen molar-refractivity contribution in [1.82, 2.24) is 0 Å². The molecule has 0 aromatic heterocycles. The minimum Gasteiger partial charge on any atom is -0.462 e. The number of carbonyl (C=O) groups is 4. The summed E-state index contributed by atoms with van der Waals surface area (Å²) in [4.78, 5) is 73.2. The lowest BCUT2D eigenvalue weighted by Crippen LogP contribution is -2.30. The fourth-order valence-electron chi connectivity index (χ4n) is 13.4. The second kappa shape index (κ2) is 75.7. The van der Waals surface area contributed by atoms with Crippen LogP contribution in [0.2, 0.25) is 0 Å². The third-order valence-corrected chi connectivity index (χ3v) is 23.3. The number of rotatable bonds is 84. The van der Waals surface area contributed by atoms with Gasteiger partial charge in [0, 0.05) is 25.7 Å². The van der Waals surface area contributed by atoms with E-state index in [0.29, 0.717) is 25.7 Å². The first-order chi connectivity index (χ1) is 51.2. The molecule has 0 aliphatic rings. The summed E-state index contributed by atoms with van der Waals surface area (Å²) in [5.41, 5.74) is 0. The van der Waals surface area contributed by atoms with E-state index in [-0.39, 0.29) is 25.7 Å². The molecule has 0 rings (SSSR count). The largest absolute Gasteiger partial charge is 0.472 e. The molecule has 0 aromatic rings. The number of ether oxygens (including phenoxy) is 4. The summed E-state index contributed by atoms with van der Waals surface area (Å²) in [6.45, 7) is 14.4. The summed E-state index contributed by atoms with van der Waals surface area (Å²) in [6.07, 6.45) is 65.2. The van der Waals surface area contributed by atoms with Crippen LogP contribution in [0.5, 0.6) is 0 Å². The Morgan fingerprint density at radius 3 is 0.670 bits per heavy atom. The van der Waals surface area contributed by atoms with Gasteiger partial charge in [-0.15, -0.1) is 0 Å². The predicted molar refractivity (Wildman–Crippen MR) is 437 cm³/mol. The number of hydrogen-bond acceptors (Lipinski definition) is 15. The first-order valence-corrected chi connectivity index (χ1v) is 47.8. The lowest BCUT2D eigenvalue weighted by Gasteiger charge is -2.21. The fourth-order valence-corrected chi connectivity index (χ4v) is 15.0. The first-order valence-electron chi connectivity index (χ1n) is 44.8. The maximum atomic E-state index is 13.2. The molecule has 106 heavy (non-hydrogen) atoms. The zero-order chi connectivity index (χ0) is 78.1. The molecule has 17 nitrogen and oxygen atoms in total. The van der Waals surface area contributed by atoms with Crippen molar-refractivity contribution in [2.24, 2.45) is 23.7 Å². The summed E-state index contributed by atoms with van der Waals surface area (Å²) in [5.74, 6) is 1.13. The Morgan fingerprint density at radius 2 is 0.453 bits per heavy atom. The zero-order valence-electron chi connectivity index (χ0n) is 70.1. The fraction of sp³-hybridized carbons (Fsp3) is 0.954. The van der Waals surface area contributed by atoms with Crippen LogP contribution in [0.1, 0.15) is 453 Å². The van der Waals surface area contributed by atoms with E-state index in [1.165, 1.54) is 250 Å². The molecule has 0 aliphatic heterocycles. The Morgan fingerprint density at radius 1 is 0.264 bits per heavy atom. The highest BCUT2D eigenvalue weighted by atomic mass is 31.2. The van der Waals surface area contributed by atoms with Crippen LogP contribution in [0, 0.1) is 23.7 Å². The Kier molecular flexibility index (Phi) is 74.3. The van der Waals surface area contributed by atoms with Crippen molar-refractivity contribution in [3.05, 3.63) is 0 Å². The van der Waals surface area contributed by atoms with Crippen molar-refractivity contribution >= 4 is 39.5 Å². The number of hydrogen-bond donors (Lipinski definition) is 3. The highest BCUT2D eigenvalue weighted by molar-refractivity contribution is 7.47. The van der Waals surface area contributed by atoms with Gasteiger partial charge in [0.15, 0.2) is 12.2 Å². The van der Waals surface area contributed by atoms with Gasteiger partial charge in [0.1, 0.15) is 19.3 Å². The molecule has 0 aliphatic carbocycles. The maximum Gasteiger partial charge on any atom is 0.472 e. The molecule has 0 aromatic carbocycles. The monoisotopic (exact) mass is 1550 g/mol. The lowest BCUT2D eigenvalue weighted by atomic mass is 9.99. The van der Waals surface area contributed by atoms with E-state index in [9.17, 15) is 43.2 Å². The van der Waals surface area contributed by atoms with E-state index in [4.69, 9.17) is 37.0 Å². The smallest absolute Gasteiger partial charge is 0.462 e. The van der Waals surface area contributed by atoms with Crippen LogP contribution in [-0.2, 0) is 65.4 Å². The second-order valence-corrected chi connectivity index (χ2v) is 35.4. The topological polar surface area (TPSA) is 237 Å². The molecule has 0 fully saturated rings. The van der Waals surface area contributed by atoms with Crippen molar-refractivity contribution in [2.45, 2.75) is 472 Å². The minimum atomic E-state index is -4.97. The third kappa shape index (κ3) is 76.1. The molecule has 3 N–H and O–H groups in total. The number of phosphoric acid groups is 2. The summed E-state index contributed by atoms with van der Waals surface area (Å²) < 4.78 is 68.9. The summed E-state index contributed by atoms with van der Waals surface area (Å²) in [7, 11) is -9.93. The molecule has 0 spiro atoms. The van der Waals surface area contributed by atoms with Gasteiger partial charge in [-0.3, -0.25) is 37.3 Å². The second-order valence-electron chi connectivity index (χ2n) is 32.5. The molecule has 5 unspecified atom stereocenters. The quantitative estimate of drug-likeness (QED) is 0.0222. The molecular weight excluding hydrogens is 1380 g/mol. The van der Waals surface area contributed by atoms with Gasteiger partial charge >= 0.3 is 39.5 Å². The highest BCUT2D eigenvalue weighted by Crippen LogP contribution is 2.45. The van der Waals surface area contributed by atoms with Crippen LogP contribution in [0.15, 0.2) is 0 Å². The van der Waals surface area contributed by atoms with Gasteiger partial charge in [0.2, 0.25) is 0 Å². The van der Waals surface area contributed by atoms with Gasteiger partial charge in [0.05, 0.1) is 26.4 Å². The zero-order valence-corrected chi connectivity index (χ0v) is 71.9. The number of phosphoric ester groups is 2. The van der Waals surface area contributed by atoms with Gasteiger partial charge in [-0.25, -0.2) is 9.13 Å². The average molecular weight is 1550 g/mol. The predicted octanol–water partition coefficient (Wildman–Crippen LogP) is 26.3. The highest BCUT2D eigenvalue weighted by Gasteiger charge is 2.31. The van der Waals surface area contributed by atoms with E-state index < -0.39 is 97.5 Å². The van der Waals surface area contributed by atoms with Crippen molar-refractivity contribution < 1.29 is 80.2 Å². The first kappa shape index (κ1) is 104. The third-order valence-electron chi connectivity index (χ3n) is 21.4. The number of unbranched alkanes of at least 4 members (excludes halogenated alkanes) is 47. The molecule has 0 saturated heterocycles. The van der Waals surface area contributed by atoms with Gasteiger partial charge in [-0.2, -0.15) is 0 Å². The average Bonchev–Trinajstić information content (AvgIpc) is 0.915. The van der Waals surface area contributed by atoms with E-state index in [1.807, 2.05) is 0 Å². The Hall–Kier alpha value is -1.94. The molecule has 0 heterocycles. The Balaban J connectivity index is 5.24. The van der Waals surface area contributed by atoms with Gasteiger partial charge in [-0.05, 0) is 49.4 Å². The molecule has 0 bridgehead atoms. The van der Waals surface area contributed by atoms with Crippen molar-refractivity contribution in [3.8, 4) is 0 Å². The molecule has 0 radical (unpaired) electrons. The van der Waals surface area contributed by atoms with Gasteiger partial charge in [-0.1, -0.05) is 402 Å². The van der Waals surface area contributed by atoms with Crippen molar-refractivity contribution in [3.63, 3.8) is 0 Å². The standard InChI is InChI=1S/C87H170O17P2/c1-9-78(6)64-56-48-40-34-28-22-16-14-12-13-15-17-25-31-37-43-53-61-69-86(91)103-82(73-97-84(89)67-59-51-42-36-30-24-19-18-23-29-35-41-49-57-65-79(7)10-2)75-101-105(93,94)99-71-81(88)72-100-106(95,96)102-76-83(74-98-85(90)68-60-52-46-45-50-58-66-80(8)11-3)104-87(92)70-62-54-44-38-32-26-20-21-27-33-39-47-55-63-77(4)5/h77-83,88H,9-76H2,1-8H3,(H,93,94)(H,95,96)/t78?,79?,80?,81-,82-,83-/m1/s1. The van der Waals surface area contributed by atoms with E-state index in [2.05, 4.69) is 55.4 Å². The minimum absolute atomic E-state index is 0.106. The van der Waals surface area contributed by atoms with E-state index >= 15 is 0 Å². The lowest BCUT2D eigenvalue weighted by molar-refractivity contribution is -0.161. The molecule has 0 saturated carbocycles. The van der Waals surface area contributed by atoms with Crippen LogP contribution >= 0.6 is 15.6 Å². The molecule has 0 amide bonds. The Bertz CT molecular complexity index is 2060.